The summed E-state index contributed by atoms with van der Waals surface area (Å²) in [6.07, 6.45) is 4.28. The first-order chi connectivity index (χ1) is 8.60. The minimum absolute atomic E-state index is 0.356. The standard InChI is InChI=1S/C8H16N2O7P2/c1-7(4-10-3-2-9-6-10)17-5-8(18(11,12)13)19(14,15)16/h2-3,6-8H,4-5H2,1H3,(H2,11,12,13)(H2,14,15,16). The molecule has 0 aromatic carbocycles. The van der Waals surface area contributed by atoms with E-state index in [1.165, 1.54) is 6.33 Å². The number of rotatable bonds is 7. The molecule has 4 N–H and O–H groups in total. The van der Waals surface area contributed by atoms with Gasteiger partial charge in [-0.3, -0.25) is 9.13 Å². The number of aromatic nitrogens is 2. The van der Waals surface area contributed by atoms with Gasteiger partial charge in [0.2, 0.25) is 0 Å². The van der Waals surface area contributed by atoms with Gasteiger partial charge in [-0.15, -0.1) is 0 Å². The second-order valence-electron chi connectivity index (χ2n) is 4.06. The molecule has 0 aliphatic rings. The molecule has 1 heterocycles. The molecule has 0 aliphatic heterocycles. The van der Waals surface area contributed by atoms with Gasteiger partial charge in [-0.25, -0.2) is 4.98 Å². The number of nitrogens with zero attached hydrogens (tertiary/aromatic N) is 2. The van der Waals surface area contributed by atoms with Gasteiger partial charge in [0.1, 0.15) is 0 Å². The lowest BCUT2D eigenvalue weighted by Gasteiger charge is -2.21. The van der Waals surface area contributed by atoms with Crippen LogP contribution in [0.3, 0.4) is 0 Å². The van der Waals surface area contributed by atoms with E-state index in [1.54, 1.807) is 23.9 Å². The van der Waals surface area contributed by atoms with Crippen molar-refractivity contribution >= 4 is 15.2 Å². The second kappa shape index (κ2) is 6.28. The fourth-order valence-corrected chi connectivity index (χ4v) is 3.51. The highest BCUT2D eigenvalue weighted by molar-refractivity contribution is 7.70. The minimum Gasteiger partial charge on any atom is -0.375 e. The molecule has 0 saturated heterocycles. The van der Waals surface area contributed by atoms with Crippen molar-refractivity contribution in [3.05, 3.63) is 18.7 Å². The quantitative estimate of drug-likeness (QED) is 0.514. The van der Waals surface area contributed by atoms with E-state index in [0.717, 1.165) is 0 Å². The van der Waals surface area contributed by atoms with Gasteiger partial charge < -0.3 is 28.9 Å². The number of hydrogen-bond donors (Lipinski definition) is 4. The van der Waals surface area contributed by atoms with Crippen molar-refractivity contribution in [2.24, 2.45) is 0 Å². The monoisotopic (exact) mass is 314 g/mol. The van der Waals surface area contributed by atoms with E-state index >= 15 is 0 Å². The molecule has 1 rings (SSSR count). The Hall–Kier alpha value is -0.530. The van der Waals surface area contributed by atoms with Crippen LogP contribution >= 0.6 is 15.2 Å². The molecule has 19 heavy (non-hydrogen) atoms. The number of imidazole rings is 1. The van der Waals surface area contributed by atoms with Crippen molar-refractivity contribution in [3.63, 3.8) is 0 Å². The van der Waals surface area contributed by atoms with Gasteiger partial charge in [0.05, 0.1) is 19.0 Å². The molecule has 110 valence electrons. The average Bonchev–Trinajstić information content (AvgIpc) is 2.65. The predicted octanol–water partition coefficient (Wildman–Crippen LogP) is -0.0303. The summed E-state index contributed by atoms with van der Waals surface area (Å²) < 4.78 is 28.8. The predicted molar refractivity (Wildman–Crippen MR) is 65.5 cm³/mol. The van der Waals surface area contributed by atoms with E-state index in [2.05, 4.69) is 4.98 Å². The lowest BCUT2D eigenvalue weighted by Crippen LogP contribution is -2.23. The van der Waals surface area contributed by atoms with Crippen LogP contribution in [0.1, 0.15) is 6.92 Å². The topological polar surface area (TPSA) is 142 Å². The lowest BCUT2D eigenvalue weighted by molar-refractivity contribution is 0.0567. The Kier molecular flexibility index (Phi) is 5.46. The normalized spacial score (nSPS) is 14.8. The summed E-state index contributed by atoms with van der Waals surface area (Å²) in [6, 6.07) is 0. The molecule has 11 heteroatoms. The summed E-state index contributed by atoms with van der Waals surface area (Å²) in [5.74, 6) is 0. The highest BCUT2D eigenvalue weighted by atomic mass is 31.2. The van der Waals surface area contributed by atoms with Gasteiger partial charge in [0, 0.05) is 18.9 Å². The first-order valence-electron chi connectivity index (χ1n) is 5.28. The summed E-state index contributed by atoms with van der Waals surface area (Å²) in [5, 5.41) is -2.13. The van der Waals surface area contributed by atoms with Gasteiger partial charge in [-0.2, -0.15) is 0 Å². The zero-order valence-corrected chi connectivity index (χ0v) is 11.9. The van der Waals surface area contributed by atoms with Crippen LogP contribution in [0, 0.1) is 0 Å². The van der Waals surface area contributed by atoms with Crippen LogP contribution in [0.4, 0.5) is 0 Å². The zero-order chi connectivity index (χ0) is 14.7. The molecule has 0 amide bonds. The molecule has 0 radical (unpaired) electrons. The SMILES string of the molecule is CC(Cn1ccnc1)OCC(P(=O)(O)O)P(=O)(O)O. The first kappa shape index (κ1) is 16.5. The van der Waals surface area contributed by atoms with E-state index in [4.69, 9.17) is 24.3 Å². The Balaban J connectivity index is 2.57. The molecule has 1 atom stereocenters. The van der Waals surface area contributed by atoms with E-state index in [9.17, 15) is 9.13 Å². The molecule has 0 saturated carbocycles. The molecular weight excluding hydrogens is 298 g/mol. The fraction of sp³-hybridized carbons (Fsp3) is 0.625. The third kappa shape index (κ3) is 5.54. The fourth-order valence-electron chi connectivity index (χ4n) is 1.38. The summed E-state index contributed by atoms with van der Waals surface area (Å²) in [7, 11) is -9.86. The Bertz CT molecular complexity index is 457. The largest absolute Gasteiger partial charge is 0.375 e. The van der Waals surface area contributed by atoms with Crippen LogP contribution in [-0.2, 0) is 20.4 Å². The molecular formula is C8H16N2O7P2. The van der Waals surface area contributed by atoms with Gasteiger partial charge in [0.25, 0.3) is 0 Å². The summed E-state index contributed by atoms with van der Waals surface area (Å²) >= 11 is 0. The molecule has 9 nitrogen and oxygen atoms in total. The van der Waals surface area contributed by atoms with Crippen LogP contribution in [-0.4, -0.2) is 47.2 Å². The zero-order valence-electron chi connectivity index (χ0n) is 10.1. The Morgan fingerprint density at radius 2 is 1.84 bits per heavy atom. The van der Waals surface area contributed by atoms with Crippen molar-refractivity contribution in [2.75, 3.05) is 6.61 Å². The van der Waals surface area contributed by atoms with Crippen molar-refractivity contribution < 1.29 is 33.4 Å². The minimum atomic E-state index is -4.93. The number of ether oxygens (including phenoxy) is 1. The van der Waals surface area contributed by atoms with Gasteiger partial charge >= 0.3 is 15.2 Å². The lowest BCUT2D eigenvalue weighted by atomic mass is 10.4. The molecule has 1 aromatic rings. The van der Waals surface area contributed by atoms with Crippen LogP contribution in [0.5, 0.6) is 0 Å². The van der Waals surface area contributed by atoms with Crippen molar-refractivity contribution in [1.82, 2.24) is 9.55 Å². The Labute approximate surface area is 109 Å². The molecule has 1 aromatic heterocycles. The maximum atomic E-state index is 11.0. The van der Waals surface area contributed by atoms with E-state index in [1.807, 2.05) is 0 Å². The van der Waals surface area contributed by atoms with Crippen LogP contribution in [0.2, 0.25) is 0 Å². The Morgan fingerprint density at radius 3 is 2.26 bits per heavy atom. The first-order valence-corrected chi connectivity index (χ1v) is 8.65. The van der Waals surface area contributed by atoms with Crippen molar-refractivity contribution in [1.29, 1.82) is 0 Å². The van der Waals surface area contributed by atoms with Crippen molar-refractivity contribution in [2.45, 2.75) is 25.0 Å². The highest BCUT2D eigenvalue weighted by Crippen LogP contribution is 2.59. The maximum Gasteiger partial charge on any atom is 0.343 e. The average molecular weight is 314 g/mol. The third-order valence-electron chi connectivity index (χ3n) is 2.33. The number of hydrogen-bond acceptors (Lipinski definition) is 4. The molecule has 0 spiro atoms. The van der Waals surface area contributed by atoms with Gasteiger partial charge in [-0.1, -0.05) is 0 Å². The van der Waals surface area contributed by atoms with E-state index < -0.39 is 33.3 Å². The molecule has 1 unspecified atom stereocenters. The van der Waals surface area contributed by atoms with Crippen LogP contribution < -0.4 is 0 Å². The van der Waals surface area contributed by atoms with Crippen molar-refractivity contribution in [3.8, 4) is 0 Å². The smallest absolute Gasteiger partial charge is 0.343 e. The molecule has 0 bridgehead atoms. The van der Waals surface area contributed by atoms with Crippen LogP contribution in [0.15, 0.2) is 18.7 Å². The van der Waals surface area contributed by atoms with Gasteiger partial charge in [0.15, 0.2) is 5.40 Å². The molecule has 0 fully saturated rings. The van der Waals surface area contributed by atoms with E-state index in [-0.39, 0.29) is 0 Å². The summed E-state index contributed by atoms with van der Waals surface area (Å²) in [6.45, 7) is 1.26. The third-order valence-corrected chi connectivity index (χ3v) is 5.99. The van der Waals surface area contributed by atoms with Gasteiger partial charge in [-0.05, 0) is 6.92 Å². The second-order valence-corrected chi connectivity index (χ2v) is 8.07. The summed E-state index contributed by atoms with van der Waals surface area (Å²) in [4.78, 5) is 39.4. The summed E-state index contributed by atoms with van der Waals surface area (Å²) in [5.41, 5.74) is 0. The van der Waals surface area contributed by atoms with Crippen LogP contribution in [0.25, 0.3) is 0 Å². The van der Waals surface area contributed by atoms with E-state index in [0.29, 0.717) is 6.54 Å². The maximum absolute atomic E-state index is 11.0. The Morgan fingerprint density at radius 1 is 1.26 bits per heavy atom. The molecule has 0 aliphatic carbocycles. The highest BCUT2D eigenvalue weighted by Gasteiger charge is 2.43.